The van der Waals surface area contributed by atoms with Crippen molar-refractivity contribution in [2.75, 3.05) is 7.11 Å². The molecule has 0 bridgehead atoms. The molecule has 0 saturated carbocycles. The predicted octanol–water partition coefficient (Wildman–Crippen LogP) is 11.4. The quantitative estimate of drug-likeness (QED) is 0.112. The molecule has 0 heterocycles. The lowest BCUT2D eigenvalue weighted by Crippen LogP contribution is -2.54. The number of alkyl halides is 3. The average molecular weight is 661 g/mol. The molecule has 7 heteroatoms. The first kappa shape index (κ1) is 42.1. The summed E-state index contributed by atoms with van der Waals surface area (Å²) in [4.78, 5) is 13.5. The number of benzene rings is 1. The number of aliphatic hydroxyl groups is 1. The first-order valence-corrected chi connectivity index (χ1v) is 16.8. The van der Waals surface area contributed by atoms with E-state index in [-0.39, 0.29) is 18.4 Å². The molecule has 0 aliphatic carbocycles. The van der Waals surface area contributed by atoms with Gasteiger partial charge in [0.15, 0.2) is 0 Å². The van der Waals surface area contributed by atoms with Crippen LogP contribution in [-0.4, -0.2) is 36.1 Å². The van der Waals surface area contributed by atoms with Crippen molar-refractivity contribution in [3.8, 4) is 0 Å². The highest BCUT2D eigenvalue weighted by Gasteiger charge is 2.64. The molecule has 1 aromatic carbocycles. The minimum absolute atomic E-state index is 0.156. The second kappa shape index (κ2) is 20.5. The van der Waals surface area contributed by atoms with Gasteiger partial charge in [0.25, 0.3) is 5.60 Å². The van der Waals surface area contributed by atoms with Gasteiger partial charge in [0.05, 0.1) is 5.60 Å². The summed E-state index contributed by atoms with van der Waals surface area (Å²) in [7, 11) is 0.849. The van der Waals surface area contributed by atoms with Gasteiger partial charge in [0.2, 0.25) is 0 Å². The number of hydrogen-bond acceptors (Lipinski definition) is 4. The van der Waals surface area contributed by atoms with Crippen LogP contribution in [0.3, 0.4) is 0 Å². The maximum atomic E-state index is 14.6. The topological polar surface area (TPSA) is 55.8 Å². The van der Waals surface area contributed by atoms with Gasteiger partial charge in [-0.05, 0) is 120 Å². The van der Waals surface area contributed by atoms with E-state index in [4.69, 9.17) is 9.47 Å². The number of methoxy groups -OCH3 is 1. The van der Waals surface area contributed by atoms with E-state index in [0.717, 1.165) is 56.8 Å². The van der Waals surface area contributed by atoms with E-state index in [1.807, 2.05) is 26.0 Å². The van der Waals surface area contributed by atoms with E-state index >= 15 is 0 Å². The fourth-order valence-electron chi connectivity index (χ4n) is 5.38. The van der Waals surface area contributed by atoms with Crippen LogP contribution in [0.5, 0.6) is 0 Å². The average Bonchev–Trinajstić information content (AvgIpc) is 2.96. The van der Waals surface area contributed by atoms with Gasteiger partial charge in [-0.2, -0.15) is 13.2 Å². The van der Waals surface area contributed by atoms with Crippen molar-refractivity contribution in [2.45, 2.75) is 143 Å². The fraction of sp³-hybridized carbons (Fsp3) is 0.575. The predicted molar refractivity (Wildman–Crippen MR) is 188 cm³/mol. The van der Waals surface area contributed by atoms with Crippen LogP contribution >= 0.6 is 0 Å². The molecule has 0 unspecified atom stereocenters. The Kier molecular flexibility index (Phi) is 18.3. The lowest BCUT2D eigenvalue weighted by atomic mass is 9.88. The number of carbonyl (C=O) groups excluding carboxylic acids is 1. The summed E-state index contributed by atoms with van der Waals surface area (Å²) in [5.74, 6) is -1.59. The molecule has 1 aromatic rings. The number of hydrogen-bond donors (Lipinski definition) is 1. The molecular formula is C40H59F3O4. The zero-order valence-corrected chi connectivity index (χ0v) is 30.2. The van der Waals surface area contributed by atoms with E-state index in [1.165, 1.54) is 47.9 Å². The molecule has 0 saturated heterocycles. The molecule has 0 fully saturated rings. The van der Waals surface area contributed by atoms with Gasteiger partial charge < -0.3 is 14.6 Å². The molecule has 0 spiro atoms. The van der Waals surface area contributed by atoms with Crippen molar-refractivity contribution in [1.82, 2.24) is 0 Å². The molecule has 0 aliphatic rings. The maximum Gasteiger partial charge on any atom is 0.432 e. The Morgan fingerprint density at radius 1 is 0.745 bits per heavy atom. The van der Waals surface area contributed by atoms with Gasteiger partial charge in [0.1, 0.15) is 6.10 Å². The first-order valence-electron chi connectivity index (χ1n) is 16.8. The van der Waals surface area contributed by atoms with Crippen molar-refractivity contribution in [1.29, 1.82) is 0 Å². The molecule has 1 N–H and O–H groups in total. The van der Waals surface area contributed by atoms with E-state index in [2.05, 4.69) is 52.8 Å². The van der Waals surface area contributed by atoms with Gasteiger partial charge in [-0.15, -0.1) is 0 Å². The smallest absolute Gasteiger partial charge is 0.432 e. The Morgan fingerprint density at radius 3 is 1.64 bits per heavy atom. The summed E-state index contributed by atoms with van der Waals surface area (Å²) in [5.41, 5.74) is 0.894. The Hall–Kier alpha value is -2.90. The minimum atomic E-state index is -5.10. The molecule has 0 amide bonds. The second-order valence-electron chi connectivity index (χ2n) is 13.4. The Balaban J connectivity index is 3.18. The second-order valence-corrected chi connectivity index (χ2v) is 13.4. The normalized spacial score (nSPS) is 16.1. The van der Waals surface area contributed by atoms with Gasteiger partial charge in [-0.25, -0.2) is 4.79 Å². The zero-order valence-electron chi connectivity index (χ0n) is 30.2. The van der Waals surface area contributed by atoms with E-state index in [9.17, 15) is 23.1 Å². The molecule has 3 atom stereocenters. The Morgan fingerprint density at radius 2 is 1.19 bits per heavy atom. The summed E-state index contributed by atoms with van der Waals surface area (Å²) in [6.07, 6.45) is 11.2. The van der Waals surface area contributed by atoms with Gasteiger partial charge in [0, 0.05) is 12.7 Å². The third kappa shape index (κ3) is 14.8. The zero-order chi connectivity index (χ0) is 35.7. The summed E-state index contributed by atoms with van der Waals surface area (Å²) < 4.78 is 54.5. The molecule has 0 aromatic heterocycles. The SMILES string of the molecule is CO[C@](C(=O)O[C@H](CC/C=C(\C)CC/C=C(\C)CCC=C(C)C)[C@](C)(O)CC/C=C(\C)CCC=C(C)C)(c1ccccc1)C(F)(F)F. The third-order valence-electron chi connectivity index (χ3n) is 8.40. The third-order valence-corrected chi connectivity index (χ3v) is 8.40. The van der Waals surface area contributed by atoms with Crippen LogP contribution in [-0.2, 0) is 19.9 Å². The van der Waals surface area contributed by atoms with Gasteiger partial charge in [-0.1, -0.05) is 88.6 Å². The molecule has 0 aliphatic heterocycles. The number of ether oxygens (including phenoxy) is 2. The molecule has 0 radical (unpaired) electrons. The summed E-state index contributed by atoms with van der Waals surface area (Å²) >= 11 is 0. The van der Waals surface area contributed by atoms with Crippen molar-refractivity contribution in [3.63, 3.8) is 0 Å². The number of esters is 1. The van der Waals surface area contributed by atoms with Crippen molar-refractivity contribution < 1.29 is 32.5 Å². The molecular weight excluding hydrogens is 601 g/mol. The highest BCUT2D eigenvalue weighted by Crippen LogP contribution is 2.44. The van der Waals surface area contributed by atoms with Gasteiger partial charge >= 0.3 is 12.1 Å². The van der Waals surface area contributed by atoms with Crippen molar-refractivity contribution in [3.05, 3.63) is 94.1 Å². The minimum Gasteiger partial charge on any atom is -0.457 e. The summed E-state index contributed by atoms with van der Waals surface area (Å²) in [5, 5.41) is 11.6. The molecule has 4 nitrogen and oxygen atoms in total. The van der Waals surface area contributed by atoms with Crippen molar-refractivity contribution in [2.24, 2.45) is 0 Å². The van der Waals surface area contributed by atoms with Crippen LogP contribution < -0.4 is 0 Å². The van der Waals surface area contributed by atoms with Crippen LogP contribution in [0, 0.1) is 0 Å². The van der Waals surface area contributed by atoms with Crippen LogP contribution in [0.2, 0.25) is 0 Å². The first-order chi connectivity index (χ1) is 22.0. The molecule has 264 valence electrons. The van der Waals surface area contributed by atoms with Gasteiger partial charge in [-0.3, -0.25) is 0 Å². The number of carbonyl (C=O) groups is 1. The molecule has 1 rings (SSSR count). The van der Waals surface area contributed by atoms with Crippen molar-refractivity contribution >= 4 is 5.97 Å². The highest BCUT2D eigenvalue weighted by molar-refractivity contribution is 5.83. The van der Waals surface area contributed by atoms with E-state index in [0.29, 0.717) is 12.8 Å². The van der Waals surface area contributed by atoms with Crippen LogP contribution in [0.25, 0.3) is 0 Å². The fourth-order valence-corrected chi connectivity index (χ4v) is 5.38. The number of allylic oxidation sites excluding steroid dienone is 10. The standard InChI is InChI=1S/C40H59F3O4/c1-30(2)18-13-20-32(5)22-15-23-33(6)24-16-28-36(38(8,45)29-17-25-34(7)21-14-19-31(3)4)47-37(44)39(46-9,40(41,42)43)35-26-11-10-12-27-35/h10-12,18-19,22,24-27,36,45H,13-17,20-21,23,28-29H2,1-9H3/b32-22+,33-24+,34-25+/t36-,38-,39+/m1/s1. The maximum absolute atomic E-state index is 14.6. The molecule has 47 heavy (non-hydrogen) atoms. The Labute approximate surface area is 282 Å². The van der Waals surface area contributed by atoms with E-state index in [1.54, 1.807) is 6.07 Å². The highest BCUT2D eigenvalue weighted by atomic mass is 19.4. The Bertz CT molecular complexity index is 1240. The van der Waals surface area contributed by atoms with Crippen LogP contribution in [0.4, 0.5) is 13.2 Å². The largest absolute Gasteiger partial charge is 0.457 e. The summed E-state index contributed by atoms with van der Waals surface area (Å²) in [6, 6.07) is 6.77. The van der Waals surface area contributed by atoms with E-state index < -0.39 is 29.5 Å². The van der Waals surface area contributed by atoms with Crippen LogP contribution in [0.1, 0.15) is 125 Å². The van der Waals surface area contributed by atoms with Crippen LogP contribution in [0.15, 0.2) is 88.6 Å². The number of halogens is 3. The number of rotatable bonds is 20. The monoisotopic (exact) mass is 660 g/mol. The summed E-state index contributed by atoms with van der Waals surface area (Å²) in [6.45, 7) is 16.0. The lowest BCUT2D eigenvalue weighted by molar-refractivity contribution is -0.281. The lowest BCUT2D eigenvalue weighted by Gasteiger charge is -2.37.